The van der Waals surface area contributed by atoms with Gasteiger partial charge in [0.25, 0.3) is 5.78 Å². The minimum Gasteiger partial charge on any atom is -0.507 e. The first-order chi connectivity index (χ1) is 19.0. The fraction of sp³-hybridized carbons (Fsp3) is 0.148. The van der Waals surface area contributed by atoms with Crippen molar-refractivity contribution >= 4 is 45.7 Å². The van der Waals surface area contributed by atoms with E-state index in [1.54, 1.807) is 48.7 Å². The summed E-state index contributed by atoms with van der Waals surface area (Å²) < 4.78 is 24.9. The fourth-order valence-corrected chi connectivity index (χ4v) is 6.14. The van der Waals surface area contributed by atoms with Crippen molar-refractivity contribution < 1.29 is 28.6 Å². The molecule has 39 heavy (non-hydrogen) atoms. The number of carbonyl (C=O) groups excluding carboxylic acids is 2. The molecule has 1 saturated heterocycles. The minimum atomic E-state index is -0.977. The van der Waals surface area contributed by atoms with Crippen molar-refractivity contribution in [3.05, 3.63) is 95.1 Å². The zero-order chi connectivity index (χ0) is 26.9. The number of benzene rings is 2. The summed E-state index contributed by atoms with van der Waals surface area (Å²) >= 11 is 2.52. The number of aromatic nitrogens is 3. The third kappa shape index (κ3) is 4.84. The molecule has 4 heterocycles. The number of rotatable bonds is 6. The number of ether oxygens (including phenoxy) is 2. The van der Waals surface area contributed by atoms with Crippen molar-refractivity contribution in [1.29, 1.82) is 0 Å². The Morgan fingerprint density at radius 3 is 2.64 bits per heavy atom. The number of thioether (sulfide) groups is 1. The molecule has 2 aliphatic rings. The van der Waals surface area contributed by atoms with E-state index in [1.807, 2.05) is 0 Å². The molecule has 12 heteroatoms. The maximum atomic E-state index is 13.4. The maximum Gasteiger partial charge on any atom is 0.301 e. The maximum absolute atomic E-state index is 13.4. The molecule has 9 nitrogen and oxygen atoms in total. The smallest absolute Gasteiger partial charge is 0.301 e. The lowest BCUT2D eigenvalue weighted by atomic mass is 9.96. The SMILES string of the molecule is O=C1C(=O)N(c2nnc(SCc3ccc(F)cc3)s2)C(c2cccnc2)/C1=C(\O)c1ccc2c(c1)OCCO2. The topological polar surface area (TPSA) is 115 Å². The largest absolute Gasteiger partial charge is 0.507 e. The van der Waals surface area contributed by atoms with Gasteiger partial charge in [0.15, 0.2) is 15.8 Å². The highest BCUT2D eigenvalue weighted by Gasteiger charge is 2.48. The molecule has 0 saturated carbocycles. The highest BCUT2D eigenvalue weighted by molar-refractivity contribution is 8.00. The molecule has 1 atom stereocenters. The number of anilines is 1. The number of aliphatic hydroxyl groups is 1. The van der Waals surface area contributed by atoms with Gasteiger partial charge in [0.1, 0.15) is 24.8 Å². The number of halogens is 1. The Balaban J connectivity index is 1.36. The molecule has 0 radical (unpaired) electrons. The Morgan fingerprint density at radius 2 is 1.87 bits per heavy atom. The van der Waals surface area contributed by atoms with Gasteiger partial charge in [-0.15, -0.1) is 10.2 Å². The Hall–Kier alpha value is -4.29. The van der Waals surface area contributed by atoms with Gasteiger partial charge in [-0.3, -0.25) is 19.5 Å². The first-order valence-electron chi connectivity index (χ1n) is 11.8. The number of carbonyl (C=O) groups is 2. The van der Waals surface area contributed by atoms with E-state index in [1.165, 1.54) is 35.0 Å². The molecule has 1 unspecified atom stereocenters. The van der Waals surface area contributed by atoms with Crippen LogP contribution in [0.15, 0.2) is 76.9 Å². The van der Waals surface area contributed by atoms with Crippen molar-refractivity contribution in [2.24, 2.45) is 0 Å². The molecule has 1 fully saturated rings. The molecule has 6 rings (SSSR count). The van der Waals surface area contributed by atoms with Crippen LogP contribution in [0.25, 0.3) is 5.76 Å². The van der Waals surface area contributed by atoms with Gasteiger partial charge >= 0.3 is 5.91 Å². The Bertz CT molecular complexity index is 1590. The number of aliphatic hydroxyl groups excluding tert-OH is 1. The second-order valence-electron chi connectivity index (χ2n) is 8.58. The van der Waals surface area contributed by atoms with E-state index in [0.29, 0.717) is 45.9 Å². The Morgan fingerprint density at radius 1 is 1.08 bits per heavy atom. The number of fused-ring (bicyclic) bond motifs is 1. The first kappa shape index (κ1) is 25.0. The van der Waals surface area contributed by atoms with E-state index in [2.05, 4.69) is 15.2 Å². The minimum absolute atomic E-state index is 0.0969. The molecule has 1 N–H and O–H groups in total. The number of Topliss-reactive ketones (excluding diaryl/α,β-unsaturated/α-hetero) is 1. The number of hydrogen-bond donors (Lipinski definition) is 1. The summed E-state index contributed by atoms with van der Waals surface area (Å²) in [5, 5.41) is 19.9. The highest BCUT2D eigenvalue weighted by atomic mass is 32.2. The van der Waals surface area contributed by atoms with Crippen molar-refractivity contribution in [3.63, 3.8) is 0 Å². The summed E-state index contributed by atoms with van der Waals surface area (Å²) in [4.78, 5) is 32.1. The summed E-state index contributed by atoms with van der Waals surface area (Å²) in [6, 6.07) is 13.4. The molecule has 0 bridgehead atoms. The van der Waals surface area contributed by atoms with Crippen LogP contribution < -0.4 is 14.4 Å². The van der Waals surface area contributed by atoms with Crippen LogP contribution in [0.2, 0.25) is 0 Å². The average Bonchev–Trinajstić information content (AvgIpc) is 3.54. The standard InChI is InChI=1S/C27H19FN4O5S2/c28-18-6-3-15(4-7-18)14-38-27-31-30-26(39-27)32-22(17-2-1-9-29-13-17)21(24(34)25(32)35)23(33)16-5-8-19-20(12-16)37-11-10-36-19/h1-9,12-13,22,33H,10-11,14H2/b23-21+. The van der Waals surface area contributed by atoms with Crippen molar-refractivity contribution in [2.75, 3.05) is 18.1 Å². The van der Waals surface area contributed by atoms with Crippen LogP contribution in [0.3, 0.4) is 0 Å². The third-order valence-electron chi connectivity index (χ3n) is 6.14. The molecule has 0 aliphatic carbocycles. The van der Waals surface area contributed by atoms with E-state index in [9.17, 15) is 19.1 Å². The normalized spacial score (nSPS) is 18.0. The molecular formula is C27H19FN4O5S2. The van der Waals surface area contributed by atoms with Gasteiger partial charge in [0, 0.05) is 23.7 Å². The molecule has 1 amide bonds. The fourth-order valence-electron chi connectivity index (χ4n) is 4.31. The number of ketones is 1. The van der Waals surface area contributed by atoms with E-state index in [0.717, 1.165) is 16.9 Å². The van der Waals surface area contributed by atoms with Gasteiger partial charge < -0.3 is 14.6 Å². The van der Waals surface area contributed by atoms with Crippen LogP contribution in [-0.2, 0) is 15.3 Å². The van der Waals surface area contributed by atoms with Crippen LogP contribution in [0.1, 0.15) is 22.7 Å². The van der Waals surface area contributed by atoms with Crippen LogP contribution in [-0.4, -0.2) is 45.2 Å². The zero-order valence-electron chi connectivity index (χ0n) is 20.1. The lowest BCUT2D eigenvalue weighted by Crippen LogP contribution is -2.29. The van der Waals surface area contributed by atoms with Gasteiger partial charge in [-0.05, 0) is 47.5 Å². The van der Waals surface area contributed by atoms with Crippen LogP contribution in [0.4, 0.5) is 9.52 Å². The zero-order valence-corrected chi connectivity index (χ0v) is 21.7. The van der Waals surface area contributed by atoms with Gasteiger partial charge in [-0.2, -0.15) is 0 Å². The van der Waals surface area contributed by atoms with E-state index in [-0.39, 0.29) is 22.3 Å². The van der Waals surface area contributed by atoms with Crippen LogP contribution >= 0.6 is 23.1 Å². The summed E-state index contributed by atoms with van der Waals surface area (Å²) in [6.45, 7) is 0.770. The van der Waals surface area contributed by atoms with Crippen molar-refractivity contribution in [3.8, 4) is 11.5 Å². The first-order valence-corrected chi connectivity index (χ1v) is 13.6. The molecule has 196 valence electrons. The summed E-state index contributed by atoms with van der Waals surface area (Å²) in [5.41, 5.74) is 1.62. The van der Waals surface area contributed by atoms with Gasteiger partial charge in [0.05, 0.1) is 11.6 Å². The number of pyridine rings is 1. The van der Waals surface area contributed by atoms with Gasteiger partial charge in [0.2, 0.25) is 5.13 Å². The van der Waals surface area contributed by atoms with E-state index >= 15 is 0 Å². The molecule has 2 aromatic carbocycles. The van der Waals surface area contributed by atoms with Crippen LogP contribution in [0, 0.1) is 5.82 Å². The number of amides is 1. The molecule has 2 aliphatic heterocycles. The van der Waals surface area contributed by atoms with Crippen molar-refractivity contribution in [2.45, 2.75) is 16.1 Å². The Labute approximate surface area is 229 Å². The molecule has 4 aromatic rings. The second-order valence-corrected chi connectivity index (χ2v) is 10.8. The van der Waals surface area contributed by atoms with Crippen molar-refractivity contribution in [1.82, 2.24) is 15.2 Å². The number of nitrogens with zero attached hydrogens (tertiary/aromatic N) is 4. The van der Waals surface area contributed by atoms with Gasteiger partial charge in [-0.25, -0.2) is 4.39 Å². The monoisotopic (exact) mass is 562 g/mol. The lowest BCUT2D eigenvalue weighted by Gasteiger charge is -2.22. The second kappa shape index (κ2) is 10.5. The molecular weight excluding hydrogens is 543 g/mol. The number of hydrogen-bond acceptors (Lipinski definition) is 10. The summed E-state index contributed by atoms with van der Waals surface area (Å²) in [7, 11) is 0. The highest BCUT2D eigenvalue weighted by Crippen LogP contribution is 2.44. The van der Waals surface area contributed by atoms with Crippen LogP contribution in [0.5, 0.6) is 11.5 Å². The molecule has 2 aromatic heterocycles. The molecule has 0 spiro atoms. The quantitative estimate of drug-likeness (QED) is 0.117. The lowest BCUT2D eigenvalue weighted by molar-refractivity contribution is -0.132. The third-order valence-corrected chi connectivity index (χ3v) is 8.26. The summed E-state index contributed by atoms with van der Waals surface area (Å²) in [6.07, 6.45) is 3.11. The van der Waals surface area contributed by atoms with E-state index in [4.69, 9.17) is 9.47 Å². The Kier molecular flexibility index (Phi) is 6.71. The predicted octanol–water partition coefficient (Wildman–Crippen LogP) is 4.76. The van der Waals surface area contributed by atoms with Gasteiger partial charge in [-0.1, -0.05) is 41.3 Å². The van der Waals surface area contributed by atoms with E-state index < -0.39 is 17.7 Å². The average molecular weight is 563 g/mol. The predicted molar refractivity (Wildman–Crippen MR) is 142 cm³/mol. The summed E-state index contributed by atoms with van der Waals surface area (Å²) in [5.74, 6) is -0.877.